The van der Waals surface area contributed by atoms with Gasteiger partial charge in [-0.3, -0.25) is 15.0 Å². The van der Waals surface area contributed by atoms with Crippen molar-refractivity contribution >= 4 is 17.7 Å². The molecule has 0 N–H and O–H groups in total. The fourth-order valence-corrected chi connectivity index (χ4v) is 3.83. The minimum atomic E-state index is -0.998. The van der Waals surface area contributed by atoms with Crippen molar-refractivity contribution < 1.29 is 37.9 Å². The Hall–Kier alpha value is -3.89. The largest absolute Gasteiger partial charge is 0.490 e. The third-order valence-electron chi connectivity index (χ3n) is 5.36. The highest BCUT2D eigenvalue weighted by Crippen LogP contribution is 2.36. The van der Waals surface area contributed by atoms with Gasteiger partial charge >= 0.3 is 17.7 Å². The maximum Gasteiger partial charge on any atom is 0.411 e. The maximum absolute atomic E-state index is 14.4. The zero-order valence-electron chi connectivity index (χ0n) is 20.1. The lowest BCUT2D eigenvalue weighted by Crippen LogP contribution is -2.46. The second-order valence-corrected chi connectivity index (χ2v) is 8.83. The molecule has 0 spiro atoms. The number of methoxy groups -OCH3 is 2. The number of rotatable bonds is 6. The summed E-state index contributed by atoms with van der Waals surface area (Å²) < 4.78 is 35.5. The quantitative estimate of drug-likeness (QED) is 0.334. The van der Waals surface area contributed by atoms with Gasteiger partial charge in [-0.15, -0.1) is 0 Å². The Morgan fingerprint density at radius 1 is 1.20 bits per heavy atom. The van der Waals surface area contributed by atoms with Crippen LogP contribution in [0.4, 0.5) is 14.9 Å². The van der Waals surface area contributed by atoms with E-state index in [0.29, 0.717) is 17.7 Å². The molecule has 1 heterocycles. The summed E-state index contributed by atoms with van der Waals surface area (Å²) >= 11 is 0. The van der Waals surface area contributed by atoms with Gasteiger partial charge in [-0.1, -0.05) is 6.07 Å². The number of hydrogen-bond acceptors (Lipinski definition) is 8. The van der Waals surface area contributed by atoms with Crippen LogP contribution in [0.25, 0.3) is 0 Å². The summed E-state index contributed by atoms with van der Waals surface area (Å²) in [7, 11) is 2.45. The van der Waals surface area contributed by atoms with Gasteiger partial charge in [0, 0.05) is 12.6 Å². The summed E-state index contributed by atoms with van der Waals surface area (Å²) in [6.07, 6.45) is -0.222. The number of nitro groups is 1. The molecule has 0 bridgehead atoms. The van der Waals surface area contributed by atoms with E-state index in [0.717, 1.165) is 17.7 Å². The first-order valence-corrected chi connectivity index (χ1v) is 10.8. The molecule has 0 unspecified atom stereocenters. The van der Waals surface area contributed by atoms with E-state index in [1.807, 2.05) is 0 Å². The summed E-state index contributed by atoms with van der Waals surface area (Å²) in [6.45, 7) is 5.09. The lowest BCUT2D eigenvalue weighted by molar-refractivity contribution is -0.385. The van der Waals surface area contributed by atoms with Crippen molar-refractivity contribution in [3.05, 3.63) is 63.0 Å². The fourth-order valence-electron chi connectivity index (χ4n) is 3.83. The van der Waals surface area contributed by atoms with Gasteiger partial charge < -0.3 is 18.9 Å². The molecule has 3 rings (SSSR count). The van der Waals surface area contributed by atoms with Crippen molar-refractivity contribution in [3.8, 4) is 11.5 Å². The number of halogens is 1. The van der Waals surface area contributed by atoms with Gasteiger partial charge in [-0.2, -0.15) is 0 Å². The molecule has 0 radical (unpaired) electrons. The molecule has 1 aliphatic heterocycles. The predicted molar refractivity (Wildman–Crippen MR) is 122 cm³/mol. The van der Waals surface area contributed by atoms with Crippen molar-refractivity contribution in [2.75, 3.05) is 20.8 Å². The van der Waals surface area contributed by atoms with Gasteiger partial charge in [0.1, 0.15) is 23.8 Å². The molecule has 188 valence electrons. The number of carbonyl (C=O) groups excluding carboxylic acids is 2. The highest BCUT2D eigenvalue weighted by Gasteiger charge is 2.39. The topological polar surface area (TPSA) is 117 Å². The Bertz CT molecular complexity index is 1150. The van der Waals surface area contributed by atoms with Crippen LogP contribution in [0.3, 0.4) is 0 Å². The molecule has 0 saturated carbocycles. The summed E-state index contributed by atoms with van der Waals surface area (Å²) in [5.41, 5.74) is 0.0899. The van der Waals surface area contributed by atoms with Crippen molar-refractivity contribution in [1.82, 2.24) is 4.90 Å². The van der Waals surface area contributed by atoms with Gasteiger partial charge in [0.2, 0.25) is 5.75 Å². The van der Waals surface area contributed by atoms with Crippen LogP contribution in [0.2, 0.25) is 0 Å². The zero-order chi connectivity index (χ0) is 25.9. The van der Waals surface area contributed by atoms with Gasteiger partial charge in [0.25, 0.3) is 0 Å². The van der Waals surface area contributed by atoms with E-state index in [2.05, 4.69) is 0 Å². The molecule has 0 saturated heterocycles. The Balaban J connectivity index is 1.87. The molecule has 0 aromatic heterocycles. The minimum absolute atomic E-state index is 0.0945. The van der Waals surface area contributed by atoms with Gasteiger partial charge in [0.05, 0.1) is 24.7 Å². The van der Waals surface area contributed by atoms with Crippen molar-refractivity contribution in [3.63, 3.8) is 0 Å². The SMILES string of the molecule is COC(=O)[C@H]1c2ccc(OCc3c(F)ccc([N+](=O)[O-])c3OC)cc2CCN1C(=O)OC(C)(C)C. The second-order valence-electron chi connectivity index (χ2n) is 8.83. The van der Waals surface area contributed by atoms with E-state index in [-0.39, 0.29) is 30.2 Å². The molecule has 0 aliphatic carbocycles. The highest BCUT2D eigenvalue weighted by atomic mass is 19.1. The Morgan fingerprint density at radius 3 is 2.51 bits per heavy atom. The first kappa shape index (κ1) is 25.7. The van der Waals surface area contributed by atoms with Crippen molar-refractivity contribution in [2.24, 2.45) is 0 Å². The second kappa shape index (κ2) is 10.2. The van der Waals surface area contributed by atoms with E-state index in [1.54, 1.807) is 39.0 Å². The average molecular weight is 490 g/mol. The molecule has 1 atom stereocenters. The highest BCUT2D eigenvalue weighted by molar-refractivity contribution is 5.84. The van der Waals surface area contributed by atoms with Crippen LogP contribution in [0, 0.1) is 15.9 Å². The molecule has 11 heteroatoms. The number of esters is 1. The predicted octanol–water partition coefficient (Wildman–Crippen LogP) is 4.33. The van der Waals surface area contributed by atoms with Gasteiger partial charge in [-0.25, -0.2) is 14.0 Å². The summed E-state index contributed by atoms with van der Waals surface area (Å²) in [6, 6.07) is 5.89. The number of amides is 1. The first-order chi connectivity index (χ1) is 16.5. The third-order valence-corrected chi connectivity index (χ3v) is 5.36. The first-order valence-electron chi connectivity index (χ1n) is 10.8. The van der Waals surface area contributed by atoms with E-state index in [9.17, 15) is 24.1 Å². The van der Waals surface area contributed by atoms with E-state index in [4.69, 9.17) is 18.9 Å². The number of fused-ring (bicyclic) bond motifs is 1. The van der Waals surface area contributed by atoms with E-state index < -0.39 is 34.4 Å². The molecule has 10 nitrogen and oxygen atoms in total. The molecule has 35 heavy (non-hydrogen) atoms. The molecule has 1 amide bonds. The third kappa shape index (κ3) is 5.61. The molecule has 0 fully saturated rings. The van der Waals surface area contributed by atoms with E-state index in [1.165, 1.54) is 19.1 Å². The van der Waals surface area contributed by atoms with Crippen LogP contribution < -0.4 is 9.47 Å². The number of nitrogens with zero attached hydrogens (tertiary/aromatic N) is 2. The summed E-state index contributed by atoms with van der Waals surface area (Å²) in [5, 5.41) is 11.2. The fraction of sp³-hybridized carbons (Fsp3) is 0.417. The standard InChI is InChI=1S/C24H27FN2O8/c1-24(2,3)35-23(29)26-11-10-14-12-15(6-7-16(14)20(26)22(28)33-5)34-13-17-18(25)8-9-19(27(30)31)21(17)32-4/h6-9,12,20H,10-11,13H2,1-5H3/t20-/m1/s1. The number of nitro benzene ring substituents is 1. The van der Waals surface area contributed by atoms with Crippen molar-refractivity contribution in [1.29, 1.82) is 0 Å². The Morgan fingerprint density at radius 2 is 1.91 bits per heavy atom. The van der Waals surface area contributed by atoms with E-state index >= 15 is 0 Å². The number of hydrogen-bond donors (Lipinski definition) is 0. The number of benzene rings is 2. The van der Waals surface area contributed by atoms with Crippen LogP contribution in [0.5, 0.6) is 11.5 Å². The van der Waals surface area contributed by atoms with Crippen LogP contribution in [-0.4, -0.2) is 48.3 Å². The number of ether oxygens (including phenoxy) is 4. The van der Waals surface area contributed by atoms with Crippen LogP contribution in [0.15, 0.2) is 30.3 Å². The minimum Gasteiger partial charge on any atom is -0.490 e. The zero-order valence-corrected chi connectivity index (χ0v) is 20.1. The Kier molecular flexibility index (Phi) is 7.47. The van der Waals surface area contributed by atoms with Crippen LogP contribution >= 0.6 is 0 Å². The van der Waals surface area contributed by atoms with Crippen molar-refractivity contribution in [2.45, 2.75) is 45.4 Å². The smallest absolute Gasteiger partial charge is 0.411 e. The van der Waals surface area contributed by atoms with Crippen LogP contribution in [-0.2, 0) is 27.3 Å². The lowest BCUT2D eigenvalue weighted by Gasteiger charge is -2.36. The molecular formula is C24H27FN2O8. The summed E-state index contributed by atoms with van der Waals surface area (Å²) in [4.78, 5) is 37.2. The molecule has 1 aliphatic rings. The summed E-state index contributed by atoms with van der Waals surface area (Å²) in [5.74, 6) is -1.18. The maximum atomic E-state index is 14.4. The van der Waals surface area contributed by atoms with Gasteiger partial charge in [0.15, 0.2) is 6.04 Å². The monoisotopic (exact) mass is 490 g/mol. The molecular weight excluding hydrogens is 463 g/mol. The number of carbonyl (C=O) groups is 2. The molecule has 2 aromatic carbocycles. The lowest BCUT2D eigenvalue weighted by atomic mass is 9.92. The molecule has 2 aromatic rings. The normalized spacial score (nSPS) is 15.1. The van der Waals surface area contributed by atoms with Crippen LogP contribution in [0.1, 0.15) is 43.5 Å². The average Bonchev–Trinajstić information content (AvgIpc) is 2.80. The van der Waals surface area contributed by atoms with Gasteiger partial charge in [-0.05, 0) is 56.5 Å². The Labute approximate surface area is 201 Å².